The highest BCUT2D eigenvalue weighted by Crippen LogP contribution is 2.24. The monoisotopic (exact) mass is 397 g/mol. The average molecular weight is 398 g/mol. The van der Waals surface area contributed by atoms with Gasteiger partial charge in [0.05, 0.1) is 29.7 Å². The van der Waals surface area contributed by atoms with Crippen LogP contribution in [0.2, 0.25) is 5.02 Å². The minimum Gasteiger partial charge on any atom is -0.380 e. The van der Waals surface area contributed by atoms with Gasteiger partial charge in [-0.1, -0.05) is 55.8 Å². The van der Waals surface area contributed by atoms with Crippen LogP contribution in [-0.4, -0.2) is 22.8 Å². The van der Waals surface area contributed by atoms with Gasteiger partial charge in [-0.3, -0.25) is 4.79 Å². The number of amides is 1. The van der Waals surface area contributed by atoms with E-state index in [1.807, 2.05) is 62.4 Å². The number of nitrogens with one attached hydrogen (secondary N) is 1. The second-order valence-electron chi connectivity index (χ2n) is 6.92. The quantitative estimate of drug-likeness (QED) is 0.627. The molecule has 0 fully saturated rings. The summed E-state index contributed by atoms with van der Waals surface area (Å²) in [6.07, 6.45) is 1.62. The molecule has 146 valence electrons. The number of hydrogen-bond donors (Lipinski definition) is 1. The Labute approximate surface area is 170 Å². The number of halogens is 1. The molecular formula is C22H24ClN3O2. The number of carbonyl (C=O) groups is 1. The largest absolute Gasteiger partial charge is 0.380 e. The van der Waals surface area contributed by atoms with E-state index in [0.29, 0.717) is 23.7 Å². The molecule has 0 aliphatic heterocycles. The number of ether oxygens (including phenoxy) is 1. The van der Waals surface area contributed by atoms with Crippen molar-refractivity contribution in [1.29, 1.82) is 0 Å². The van der Waals surface area contributed by atoms with E-state index in [4.69, 9.17) is 16.3 Å². The number of carbonyl (C=O) groups excluding carboxylic acids is 1. The summed E-state index contributed by atoms with van der Waals surface area (Å²) in [7, 11) is 1.67. The van der Waals surface area contributed by atoms with Crippen molar-refractivity contribution in [3.8, 4) is 5.69 Å². The Morgan fingerprint density at radius 1 is 1.18 bits per heavy atom. The Kier molecular flexibility index (Phi) is 6.49. The number of aromatic nitrogens is 2. The first kappa shape index (κ1) is 20.1. The summed E-state index contributed by atoms with van der Waals surface area (Å²) in [4.78, 5) is 12.8. The van der Waals surface area contributed by atoms with Gasteiger partial charge in [0.2, 0.25) is 0 Å². The third kappa shape index (κ3) is 4.61. The average Bonchev–Trinajstić information content (AvgIpc) is 3.13. The molecule has 1 N–H and O–H groups in total. The summed E-state index contributed by atoms with van der Waals surface area (Å²) in [5.41, 5.74) is 4.40. The molecule has 5 nitrogen and oxygen atoms in total. The van der Waals surface area contributed by atoms with Crippen LogP contribution in [-0.2, 0) is 17.9 Å². The Morgan fingerprint density at radius 2 is 1.89 bits per heavy atom. The molecule has 0 atom stereocenters. The molecular weight excluding hydrogens is 374 g/mol. The fourth-order valence-electron chi connectivity index (χ4n) is 3.10. The summed E-state index contributed by atoms with van der Waals surface area (Å²) < 4.78 is 6.90. The number of rotatable bonds is 7. The number of hydrogen-bond acceptors (Lipinski definition) is 3. The molecule has 0 saturated carbocycles. The van der Waals surface area contributed by atoms with Gasteiger partial charge in [-0.05, 0) is 35.2 Å². The van der Waals surface area contributed by atoms with Crippen molar-refractivity contribution in [2.75, 3.05) is 7.11 Å². The number of methoxy groups -OCH3 is 1. The summed E-state index contributed by atoms with van der Waals surface area (Å²) >= 11 is 6.12. The minimum absolute atomic E-state index is 0.121. The first-order valence-electron chi connectivity index (χ1n) is 9.18. The van der Waals surface area contributed by atoms with Crippen LogP contribution in [0, 0.1) is 0 Å². The van der Waals surface area contributed by atoms with E-state index in [9.17, 15) is 4.79 Å². The lowest BCUT2D eigenvalue weighted by Crippen LogP contribution is -2.24. The van der Waals surface area contributed by atoms with E-state index >= 15 is 0 Å². The zero-order valence-corrected chi connectivity index (χ0v) is 17.0. The van der Waals surface area contributed by atoms with Crippen LogP contribution in [0.3, 0.4) is 0 Å². The van der Waals surface area contributed by atoms with E-state index in [-0.39, 0.29) is 11.8 Å². The maximum absolute atomic E-state index is 12.8. The van der Waals surface area contributed by atoms with Gasteiger partial charge in [0, 0.05) is 18.7 Å². The normalized spacial score (nSPS) is 11.0. The standard InChI is InChI=1S/C22H24ClN3O2/c1-15(2)21-20(13-25-26(21)19-6-4-5-18(23)11-19)22(27)24-12-16-7-9-17(10-8-16)14-28-3/h4-11,13,15H,12,14H2,1-3H3,(H,24,27). The zero-order valence-electron chi connectivity index (χ0n) is 16.3. The van der Waals surface area contributed by atoms with Crippen molar-refractivity contribution in [1.82, 2.24) is 15.1 Å². The molecule has 6 heteroatoms. The van der Waals surface area contributed by atoms with E-state index in [2.05, 4.69) is 10.4 Å². The third-order valence-corrected chi connectivity index (χ3v) is 4.67. The molecule has 0 bridgehead atoms. The molecule has 1 heterocycles. The van der Waals surface area contributed by atoms with Crippen molar-refractivity contribution in [3.05, 3.63) is 82.1 Å². The maximum atomic E-state index is 12.8. The van der Waals surface area contributed by atoms with Gasteiger partial charge in [-0.15, -0.1) is 0 Å². The first-order valence-corrected chi connectivity index (χ1v) is 9.56. The van der Waals surface area contributed by atoms with Crippen LogP contribution < -0.4 is 5.32 Å². The van der Waals surface area contributed by atoms with E-state index in [1.165, 1.54) is 0 Å². The lowest BCUT2D eigenvalue weighted by molar-refractivity contribution is 0.0949. The van der Waals surface area contributed by atoms with Crippen molar-refractivity contribution in [2.45, 2.75) is 32.9 Å². The SMILES string of the molecule is COCc1ccc(CNC(=O)c2cnn(-c3cccc(Cl)c3)c2C(C)C)cc1. The van der Waals surface area contributed by atoms with Gasteiger partial charge >= 0.3 is 0 Å². The lowest BCUT2D eigenvalue weighted by Gasteiger charge is -2.13. The molecule has 0 spiro atoms. The lowest BCUT2D eigenvalue weighted by atomic mass is 10.0. The molecule has 3 aromatic rings. The first-order chi connectivity index (χ1) is 13.5. The van der Waals surface area contributed by atoms with Gasteiger partial charge in [0.15, 0.2) is 0 Å². The highest BCUT2D eigenvalue weighted by Gasteiger charge is 2.20. The van der Waals surface area contributed by atoms with Crippen molar-refractivity contribution >= 4 is 17.5 Å². The smallest absolute Gasteiger partial charge is 0.255 e. The van der Waals surface area contributed by atoms with Gasteiger partial charge in [-0.2, -0.15) is 5.10 Å². The van der Waals surface area contributed by atoms with Gasteiger partial charge < -0.3 is 10.1 Å². The topological polar surface area (TPSA) is 56.1 Å². The molecule has 3 rings (SSSR count). The predicted octanol–water partition coefficient (Wildman–Crippen LogP) is 4.73. The van der Waals surface area contributed by atoms with Crippen LogP contribution in [0.1, 0.15) is 46.9 Å². The van der Waals surface area contributed by atoms with Crippen LogP contribution in [0.25, 0.3) is 5.69 Å². The van der Waals surface area contributed by atoms with E-state index < -0.39 is 0 Å². The predicted molar refractivity (Wildman–Crippen MR) is 111 cm³/mol. The molecule has 0 radical (unpaired) electrons. The van der Waals surface area contributed by atoms with Gasteiger partial charge in [0.25, 0.3) is 5.91 Å². The molecule has 2 aromatic carbocycles. The molecule has 1 aromatic heterocycles. The molecule has 1 amide bonds. The summed E-state index contributed by atoms with van der Waals surface area (Å²) in [5.74, 6) is -0.0199. The highest BCUT2D eigenvalue weighted by atomic mass is 35.5. The zero-order chi connectivity index (χ0) is 20.1. The second-order valence-corrected chi connectivity index (χ2v) is 7.36. The summed E-state index contributed by atoms with van der Waals surface area (Å²) in [6.45, 7) is 5.12. The second kappa shape index (κ2) is 9.04. The summed E-state index contributed by atoms with van der Waals surface area (Å²) in [6, 6.07) is 15.4. The number of benzene rings is 2. The van der Waals surface area contributed by atoms with E-state index in [0.717, 1.165) is 22.5 Å². The van der Waals surface area contributed by atoms with Gasteiger partial charge in [-0.25, -0.2) is 4.68 Å². The highest BCUT2D eigenvalue weighted by molar-refractivity contribution is 6.30. The van der Waals surface area contributed by atoms with Crippen molar-refractivity contribution in [3.63, 3.8) is 0 Å². The van der Waals surface area contributed by atoms with Crippen LogP contribution in [0.4, 0.5) is 0 Å². The summed E-state index contributed by atoms with van der Waals surface area (Å²) in [5, 5.41) is 8.06. The van der Waals surface area contributed by atoms with Crippen molar-refractivity contribution in [2.24, 2.45) is 0 Å². The third-order valence-electron chi connectivity index (χ3n) is 4.44. The molecule has 0 saturated heterocycles. The Hall–Kier alpha value is -2.63. The van der Waals surface area contributed by atoms with Crippen LogP contribution in [0.5, 0.6) is 0 Å². The Balaban J connectivity index is 1.78. The Bertz CT molecular complexity index is 949. The molecule has 0 unspecified atom stereocenters. The van der Waals surface area contributed by atoms with E-state index in [1.54, 1.807) is 18.0 Å². The minimum atomic E-state index is -0.141. The fourth-order valence-corrected chi connectivity index (χ4v) is 3.28. The maximum Gasteiger partial charge on any atom is 0.255 e. The van der Waals surface area contributed by atoms with Crippen molar-refractivity contribution < 1.29 is 9.53 Å². The van der Waals surface area contributed by atoms with Crippen LogP contribution >= 0.6 is 11.6 Å². The fraction of sp³-hybridized carbons (Fsp3) is 0.273. The molecule has 0 aliphatic rings. The molecule has 28 heavy (non-hydrogen) atoms. The molecule has 0 aliphatic carbocycles. The van der Waals surface area contributed by atoms with Crippen LogP contribution in [0.15, 0.2) is 54.7 Å². The Morgan fingerprint density at radius 3 is 2.54 bits per heavy atom. The number of nitrogens with zero attached hydrogens (tertiary/aromatic N) is 2. The van der Waals surface area contributed by atoms with Gasteiger partial charge in [0.1, 0.15) is 0 Å².